The molecule has 2 nitrogen and oxygen atoms in total. The molecule has 0 aliphatic carbocycles. The van der Waals surface area contributed by atoms with Crippen molar-refractivity contribution in [3.8, 4) is 0 Å². The Balaban J connectivity index is 2.22. The monoisotopic (exact) mass is 199 g/mol. The van der Waals surface area contributed by atoms with Crippen molar-refractivity contribution in [2.45, 2.75) is 6.54 Å². The van der Waals surface area contributed by atoms with Crippen molar-refractivity contribution in [3.63, 3.8) is 0 Å². The third-order valence-electron chi connectivity index (χ3n) is 2.08. The fourth-order valence-corrected chi connectivity index (χ4v) is 1.36. The second-order valence-electron chi connectivity index (χ2n) is 3.25. The van der Waals surface area contributed by atoms with Gasteiger partial charge in [0, 0.05) is 18.9 Å². The van der Waals surface area contributed by atoms with E-state index in [1.54, 1.807) is 12.5 Å². The van der Waals surface area contributed by atoms with Gasteiger partial charge in [-0.25, -0.2) is 0 Å². The van der Waals surface area contributed by atoms with Gasteiger partial charge >= 0.3 is 0 Å². The molecule has 2 aromatic rings. The van der Waals surface area contributed by atoms with E-state index < -0.39 is 0 Å². The molecule has 2 rings (SSSR count). The van der Waals surface area contributed by atoms with Crippen molar-refractivity contribution in [1.29, 1.82) is 0 Å². The zero-order valence-electron chi connectivity index (χ0n) is 8.41. The predicted octanol–water partition coefficient (Wildman–Crippen LogP) is 3.25. The highest BCUT2D eigenvalue weighted by Gasteiger charge is 1.89. The first-order valence-electron chi connectivity index (χ1n) is 4.90. The molecule has 0 spiro atoms. The number of hydrogen-bond acceptors (Lipinski definition) is 1. The van der Waals surface area contributed by atoms with E-state index >= 15 is 0 Å². The van der Waals surface area contributed by atoms with Crippen molar-refractivity contribution in [2.24, 2.45) is 0 Å². The van der Waals surface area contributed by atoms with Gasteiger partial charge in [0.2, 0.25) is 0 Å². The molecule has 2 heteroatoms. The maximum atomic E-state index is 5.09. The SMILES string of the molecule is c1ccc(Cn2ccccocc2)cc1. The van der Waals surface area contributed by atoms with Crippen LogP contribution in [0, 0.1) is 0 Å². The quantitative estimate of drug-likeness (QED) is 0.726. The summed E-state index contributed by atoms with van der Waals surface area (Å²) in [6.07, 6.45) is 7.24. The van der Waals surface area contributed by atoms with Crippen LogP contribution in [0.2, 0.25) is 0 Å². The van der Waals surface area contributed by atoms with Crippen molar-refractivity contribution < 1.29 is 4.42 Å². The largest absolute Gasteiger partial charge is 0.471 e. The Kier molecular flexibility index (Phi) is 3.23. The first-order chi connectivity index (χ1) is 7.45. The maximum absolute atomic E-state index is 5.09. The molecular formula is C13H13NO. The molecule has 0 fully saturated rings. The Labute approximate surface area is 89.1 Å². The lowest BCUT2D eigenvalue weighted by Gasteiger charge is -2.03. The molecular weight excluding hydrogens is 186 g/mol. The average Bonchev–Trinajstić information content (AvgIpc) is 2.23. The van der Waals surface area contributed by atoms with Crippen LogP contribution in [0.4, 0.5) is 0 Å². The summed E-state index contributed by atoms with van der Waals surface area (Å²) in [5, 5.41) is 0. The van der Waals surface area contributed by atoms with E-state index in [1.807, 2.05) is 42.7 Å². The van der Waals surface area contributed by atoms with Crippen molar-refractivity contribution in [3.05, 3.63) is 72.9 Å². The van der Waals surface area contributed by atoms with Gasteiger partial charge in [-0.1, -0.05) is 30.3 Å². The summed E-state index contributed by atoms with van der Waals surface area (Å²) in [5.41, 5.74) is 1.27. The molecule has 0 unspecified atom stereocenters. The van der Waals surface area contributed by atoms with Gasteiger partial charge in [-0.15, -0.1) is 0 Å². The molecule has 0 bridgehead atoms. The summed E-state index contributed by atoms with van der Waals surface area (Å²) in [5.74, 6) is 0. The Bertz CT molecular complexity index is 421. The zero-order chi connectivity index (χ0) is 10.3. The molecule has 0 saturated heterocycles. The van der Waals surface area contributed by atoms with E-state index in [-0.39, 0.29) is 0 Å². The van der Waals surface area contributed by atoms with E-state index in [1.165, 1.54) is 5.56 Å². The van der Waals surface area contributed by atoms with Gasteiger partial charge in [0.1, 0.15) is 6.26 Å². The topological polar surface area (TPSA) is 18.1 Å². The number of benzene rings is 1. The van der Waals surface area contributed by atoms with Gasteiger partial charge in [0.25, 0.3) is 0 Å². The highest BCUT2D eigenvalue weighted by molar-refractivity contribution is 5.14. The minimum atomic E-state index is 0.852. The molecule has 0 radical (unpaired) electrons. The third-order valence-corrected chi connectivity index (χ3v) is 2.08. The normalized spacial score (nSPS) is 9.60. The van der Waals surface area contributed by atoms with Gasteiger partial charge in [-0.05, 0) is 17.7 Å². The molecule has 15 heavy (non-hydrogen) atoms. The van der Waals surface area contributed by atoms with Crippen LogP contribution < -0.4 is 0 Å². The smallest absolute Gasteiger partial charge is 0.106 e. The summed E-state index contributed by atoms with van der Waals surface area (Å²) < 4.78 is 7.16. The van der Waals surface area contributed by atoms with E-state index in [0.29, 0.717) is 0 Å². The Morgan fingerprint density at radius 3 is 2.60 bits per heavy atom. The molecule has 0 saturated carbocycles. The van der Waals surface area contributed by atoms with Crippen LogP contribution >= 0.6 is 0 Å². The van der Waals surface area contributed by atoms with Crippen LogP contribution in [0.15, 0.2) is 71.8 Å². The summed E-state index contributed by atoms with van der Waals surface area (Å²) >= 11 is 0. The van der Waals surface area contributed by atoms with E-state index in [2.05, 4.69) is 16.7 Å². The zero-order valence-corrected chi connectivity index (χ0v) is 8.41. The van der Waals surface area contributed by atoms with Gasteiger partial charge in [-0.3, -0.25) is 0 Å². The Morgan fingerprint density at radius 1 is 0.867 bits per heavy atom. The fraction of sp³-hybridized carbons (Fsp3) is 0.0769. The first kappa shape index (κ1) is 9.59. The van der Waals surface area contributed by atoms with E-state index in [9.17, 15) is 0 Å². The number of hydrogen-bond donors (Lipinski definition) is 0. The predicted molar refractivity (Wildman–Crippen MR) is 59.9 cm³/mol. The summed E-state index contributed by atoms with van der Waals surface area (Å²) in [4.78, 5) is 0. The first-order valence-corrected chi connectivity index (χ1v) is 4.90. The molecule has 1 aromatic carbocycles. The van der Waals surface area contributed by atoms with Crippen LogP contribution in [0.1, 0.15) is 5.56 Å². The van der Waals surface area contributed by atoms with E-state index in [4.69, 9.17) is 4.42 Å². The van der Waals surface area contributed by atoms with Crippen LogP contribution in [0.3, 0.4) is 0 Å². The lowest BCUT2D eigenvalue weighted by atomic mass is 10.2. The summed E-state index contributed by atoms with van der Waals surface area (Å²) in [6, 6.07) is 14.1. The van der Waals surface area contributed by atoms with Gasteiger partial charge in [0.05, 0.1) is 6.26 Å². The lowest BCUT2D eigenvalue weighted by molar-refractivity contribution is 0.545. The molecule has 0 atom stereocenters. The van der Waals surface area contributed by atoms with Crippen LogP contribution in [-0.2, 0) is 6.54 Å². The summed E-state index contributed by atoms with van der Waals surface area (Å²) in [7, 11) is 0. The molecule has 1 heterocycles. The van der Waals surface area contributed by atoms with Crippen molar-refractivity contribution in [1.82, 2.24) is 4.57 Å². The van der Waals surface area contributed by atoms with Crippen molar-refractivity contribution in [2.75, 3.05) is 0 Å². The highest BCUT2D eigenvalue weighted by atomic mass is 16.3. The van der Waals surface area contributed by atoms with Crippen LogP contribution in [0.5, 0.6) is 0 Å². The Morgan fingerprint density at radius 2 is 1.73 bits per heavy atom. The second kappa shape index (κ2) is 5.05. The van der Waals surface area contributed by atoms with E-state index in [0.717, 1.165) is 6.54 Å². The minimum absolute atomic E-state index is 0.852. The minimum Gasteiger partial charge on any atom is -0.471 e. The standard InChI is InChI=1S/C13H13NO/c1-2-6-13(7-3-1)12-14-8-4-5-10-15-11-9-14/h1-11H,12H2. The molecule has 0 aliphatic rings. The molecule has 1 aromatic heterocycles. The van der Waals surface area contributed by atoms with Crippen molar-refractivity contribution >= 4 is 0 Å². The van der Waals surface area contributed by atoms with Crippen LogP contribution in [-0.4, -0.2) is 4.57 Å². The number of nitrogens with zero attached hydrogens (tertiary/aromatic N) is 1. The second-order valence-corrected chi connectivity index (χ2v) is 3.25. The molecule has 76 valence electrons. The maximum Gasteiger partial charge on any atom is 0.106 e. The molecule has 0 amide bonds. The van der Waals surface area contributed by atoms with Gasteiger partial charge in [-0.2, -0.15) is 0 Å². The molecule has 0 aliphatic heterocycles. The summed E-state index contributed by atoms with van der Waals surface area (Å²) in [6.45, 7) is 0.852. The van der Waals surface area contributed by atoms with Gasteiger partial charge in [0.15, 0.2) is 0 Å². The molecule has 0 N–H and O–H groups in total. The highest BCUT2D eigenvalue weighted by Crippen LogP contribution is 2.00. The number of rotatable bonds is 2. The third kappa shape index (κ3) is 3.02. The average molecular weight is 199 g/mol. The fourth-order valence-electron chi connectivity index (χ4n) is 1.36. The van der Waals surface area contributed by atoms with Crippen LogP contribution in [0.25, 0.3) is 0 Å². The number of aromatic nitrogens is 1. The van der Waals surface area contributed by atoms with Gasteiger partial charge < -0.3 is 8.98 Å². The lowest BCUT2D eigenvalue weighted by Crippen LogP contribution is -1.96. The Hall–Kier alpha value is -1.96.